The first kappa shape index (κ1) is 31.1. The van der Waals surface area contributed by atoms with Crippen molar-refractivity contribution < 1.29 is 33.3 Å². The van der Waals surface area contributed by atoms with Gasteiger partial charge in [-0.1, -0.05) is 13.0 Å². The molecule has 0 aliphatic carbocycles. The average molecular weight is 534 g/mol. The smallest absolute Gasteiger partial charge is 0.416 e. The molecule has 2 rings (SSSR count). The summed E-state index contributed by atoms with van der Waals surface area (Å²) in [5, 5.41) is 2.41. The number of hydrogen-bond acceptors (Lipinski definition) is 8. The zero-order chi connectivity index (χ0) is 28.5. The number of pyridine rings is 1. The fourth-order valence-corrected chi connectivity index (χ4v) is 3.71. The Morgan fingerprint density at radius 1 is 1.11 bits per heavy atom. The monoisotopic (exact) mass is 533 g/mol. The first-order valence-electron chi connectivity index (χ1n) is 13.0. The second-order valence-corrected chi connectivity index (χ2v) is 11.4. The summed E-state index contributed by atoms with van der Waals surface area (Å²) in [5.41, 5.74) is 0.650. The summed E-state index contributed by atoms with van der Waals surface area (Å²) in [6, 6.07) is 4.06. The van der Waals surface area contributed by atoms with Gasteiger partial charge in [-0.25, -0.2) is 19.4 Å². The quantitative estimate of drug-likeness (QED) is 0.205. The molecule has 0 saturated heterocycles. The molecule has 0 aromatic carbocycles. The molecule has 1 aliphatic rings. The molecule has 212 valence electrons. The molecule has 1 aromatic heterocycles. The Morgan fingerprint density at radius 2 is 1.79 bits per heavy atom. The highest BCUT2D eigenvalue weighted by molar-refractivity contribution is 5.92. The van der Waals surface area contributed by atoms with Gasteiger partial charge in [-0.2, -0.15) is 0 Å². The molecule has 1 aliphatic heterocycles. The van der Waals surface area contributed by atoms with Gasteiger partial charge in [0.25, 0.3) is 0 Å². The molecule has 1 atom stereocenters. The number of hydrogen-bond donors (Lipinski definition) is 1. The molecular weight excluding hydrogens is 490 g/mol. The van der Waals surface area contributed by atoms with Crippen molar-refractivity contribution in [2.45, 2.75) is 85.4 Å². The lowest BCUT2D eigenvalue weighted by Crippen LogP contribution is -2.40. The van der Waals surface area contributed by atoms with Crippen molar-refractivity contribution in [1.82, 2.24) is 10.3 Å². The zero-order valence-corrected chi connectivity index (χ0v) is 24.0. The Balaban J connectivity index is 1.89. The Kier molecular flexibility index (Phi) is 11.1. The lowest BCUT2D eigenvalue weighted by molar-refractivity contribution is -0.136. The first-order valence-corrected chi connectivity index (χ1v) is 13.0. The highest BCUT2D eigenvalue weighted by atomic mass is 16.6. The summed E-state index contributed by atoms with van der Waals surface area (Å²) in [6.45, 7) is 14.0. The van der Waals surface area contributed by atoms with E-state index in [9.17, 15) is 14.4 Å². The van der Waals surface area contributed by atoms with Crippen molar-refractivity contribution in [2.75, 3.05) is 31.8 Å². The summed E-state index contributed by atoms with van der Waals surface area (Å²) in [5.74, 6) is 0.208. The number of fused-ring (bicyclic) bond motifs is 1. The van der Waals surface area contributed by atoms with Gasteiger partial charge in [0.15, 0.2) is 0 Å². The molecule has 1 unspecified atom stereocenters. The zero-order valence-electron chi connectivity index (χ0n) is 24.0. The van der Waals surface area contributed by atoms with Crippen LogP contribution in [-0.2, 0) is 36.6 Å². The minimum absolute atomic E-state index is 0.0396. The minimum Gasteiger partial charge on any atom is -0.464 e. The van der Waals surface area contributed by atoms with Crippen LogP contribution in [0.5, 0.6) is 0 Å². The summed E-state index contributed by atoms with van der Waals surface area (Å²) >= 11 is 0. The van der Waals surface area contributed by atoms with Gasteiger partial charge >= 0.3 is 18.2 Å². The van der Waals surface area contributed by atoms with E-state index in [0.717, 1.165) is 36.9 Å². The molecule has 0 radical (unpaired) electrons. The number of carbonyl (C=O) groups excluding carboxylic acids is 3. The largest absolute Gasteiger partial charge is 0.464 e. The lowest BCUT2D eigenvalue weighted by Gasteiger charge is -2.31. The van der Waals surface area contributed by atoms with E-state index in [1.165, 1.54) is 13.2 Å². The molecule has 38 heavy (non-hydrogen) atoms. The van der Waals surface area contributed by atoms with Crippen LogP contribution >= 0.6 is 0 Å². The highest BCUT2D eigenvalue weighted by Gasteiger charge is 2.28. The van der Waals surface area contributed by atoms with Crippen LogP contribution in [0.25, 0.3) is 0 Å². The van der Waals surface area contributed by atoms with Crippen LogP contribution in [0.1, 0.15) is 72.6 Å². The predicted molar refractivity (Wildman–Crippen MR) is 144 cm³/mol. The summed E-state index contributed by atoms with van der Waals surface area (Å²) in [4.78, 5) is 43.1. The van der Waals surface area contributed by atoms with Gasteiger partial charge in [-0.05, 0) is 90.8 Å². The molecule has 2 amide bonds. The van der Waals surface area contributed by atoms with Crippen LogP contribution in [-0.4, -0.2) is 61.2 Å². The van der Waals surface area contributed by atoms with Gasteiger partial charge in [0.1, 0.15) is 22.7 Å². The van der Waals surface area contributed by atoms with Crippen molar-refractivity contribution in [1.29, 1.82) is 0 Å². The molecule has 10 nitrogen and oxygen atoms in total. The van der Waals surface area contributed by atoms with Crippen molar-refractivity contribution in [3.05, 3.63) is 35.2 Å². The Labute approximate surface area is 226 Å². The summed E-state index contributed by atoms with van der Waals surface area (Å²) in [7, 11) is 1.23. The number of amides is 2. The van der Waals surface area contributed by atoms with E-state index in [4.69, 9.17) is 23.9 Å². The summed E-state index contributed by atoms with van der Waals surface area (Å²) in [6.07, 6.45) is 3.65. The Hall–Kier alpha value is -3.14. The van der Waals surface area contributed by atoms with E-state index in [1.807, 2.05) is 32.9 Å². The molecule has 1 aromatic rings. The van der Waals surface area contributed by atoms with Gasteiger partial charge in [-0.15, -0.1) is 0 Å². The lowest BCUT2D eigenvalue weighted by atomic mass is 10.0. The van der Waals surface area contributed by atoms with E-state index in [2.05, 4.69) is 12.2 Å². The second kappa shape index (κ2) is 13.6. The molecule has 2 heterocycles. The van der Waals surface area contributed by atoms with Crippen molar-refractivity contribution in [3.63, 3.8) is 0 Å². The highest BCUT2D eigenvalue weighted by Crippen LogP contribution is 2.27. The number of esters is 1. The second-order valence-electron chi connectivity index (χ2n) is 11.4. The van der Waals surface area contributed by atoms with Gasteiger partial charge < -0.3 is 18.9 Å². The van der Waals surface area contributed by atoms with Crippen LogP contribution in [0.2, 0.25) is 0 Å². The normalized spacial score (nSPS) is 14.8. The number of nitrogens with one attached hydrogen (secondary N) is 1. The van der Waals surface area contributed by atoms with Crippen molar-refractivity contribution in [2.24, 2.45) is 5.92 Å². The third-order valence-corrected chi connectivity index (χ3v) is 5.45. The predicted octanol–water partition coefficient (Wildman–Crippen LogP) is 4.94. The fourth-order valence-electron chi connectivity index (χ4n) is 3.71. The number of rotatable bonds is 9. The molecule has 10 heteroatoms. The molecule has 0 bridgehead atoms. The van der Waals surface area contributed by atoms with E-state index < -0.39 is 23.3 Å². The molecule has 0 spiro atoms. The van der Waals surface area contributed by atoms with Crippen molar-refractivity contribution in [3.8, 4) is 0 Å². The maximum absolute atomic E-state index is 12.7. The standard InChI is InChI=1S/C28H43N3O7/c1-19(18-36-17-15-22(24(32)35-8)30-25(33)37-27(2,3)4)11-13-21-14-12-20-10-9-16-31(23(20)29-21)26(34)38-28(5,6)7/h12,14-15,19H,9-11,13,16-18H2,1-8H3,(H,30,33)/b22-15+. The minimum atomic E-state index is -0.745. The van der Waals surface area contributed by atoms with Crippen LogP contribution in [0, 0.1) is 5.92 Å². The number of nitrogens with zero attached hydrogens (tertiary/aromatic N) is 2. The Bertz CT molecular complexity index is 1010. The van der Waals surface area contributed by atoms with Crippen LogP contribution in [0.4, 0.5) is 15.4 Å². The topological polar surface area (TPSA) is 116 Å². The van der Waals surface area contributed by atoms with E-state index in [0.29, 0.717) is 19.0 Å². The van der Waals surface area contributed by atoms with Gasteiger partial charge in [0, 0.05) is 18.8 Å². The number of alkyl carbamates (subject to hydrolysis) is 1. The number of carbonyl (C=O) groups is 3. The van der Waals surface area contributed by atoms with Gasteiger partial charge in [-0.3, -0.25) is 10.2 Å². The van der Waals surface area contributed by atoms with E-state index in [-0.39, 0.29) is 24.3 Å². The van der Waals surface area contributed by atoms with Gasteiger partial charge in [0.2, 0.25) is 0 Å². The fraction of sp³-hybridized carbons (Fsp3) is 0.643. The van der Waals surface area contributed by atoms with E-state index >= 15 is 0 Å². The Morgan fingerprint density at radius 3 is 2.42 bits per heavy atom. The third-order valence-electron chi connectivity index (χ3n) is 5.45. The first-order chi connectivity index (χ1) is 17.7. The number of methoxy groups -OCH3 is 1. The number of ether oxygens (including phenoxy) is 4. The average Bonchev–Trinajstić information content (AvgIpc) is 2.81. The molecule has 0 saturated carbocycles. The van der Waals surface area contributed by atoms with Crippen LogP contribution < -0.4 is 10.2 Å². The maximum Gasteiger partial charge on any atom is 0.416 e. The number of aryl methyl sites for hydroxylation is 2. The van der Waals surface area contributed by atoms with Crippen LogP contribution in [0.3, 0.4) is 0 Å². The summed E-state index contributed by atoms with van der Waals surface area (Å²) < 4.78 is 21.2. The van der Waals surface area contributed by atoms with Gasteiger partial charge in [0.05, 0.1) is 13.7 Å². The van der Waals surface area contributed by atoms with E-state index in [1.54, 1.807) is 25.7 Å². The maximum atomic E-state index is 12.7. The third kappa shape index (κ3) is 10.7. The SMILES string of the molecule is COC(=O)/C(=C\COCC(C)CCc1ccc2c(n1)N(C(=O)OC(C)(C)C)CCC2)NC(=O)OC(C)(C)C. The number of anilines is 1. The molecule has 1 N–H and O–H groups in total. The van der Waals surface area contributed by atoms with Crippen molar-refractivity contribution >= 4 is 24.0 Å². The number of aromatic nitrogens is 1. The molecule has 0 fully saturated rings. The van der Waals surface area contributed by atoms with Crippen LogP contribution in [0.15, 0.2) is 23.9 Å². The molecular formula is C28H43N3O7.